The van der Waals surface area contributed by atoms with Gasteiger partial charge < -0.3 is 25.8 Å². The van der Waals surface area contributed by atoms with E-state index in [4.69, 9.17) is 10.5 Å². The van der Waals surface area contributed by atoms with Crippen molar-refractivity contribution >= 4 is 33.7 Å². The lowest BCUT2D eigenvalue weighted by molar-refractivity contribution is -0.149. The highest BCUT2D eigenvalue weighted by Gasteiger charge is 2.27. The van der Waals surface area contributed by atoms with Gasteiger partial charge in [0.25, 0.3) is 0 Å². The van der Waals surface area contributed by atoms with Crippen LogP contribution in [-0.2, 0) is 33.8 Å². The summed E-state index contributed by atoms with van der Waals surface area (Å²) in [5.41, 5.74) is 11.0. The van der Waals surface area contributed by atoms with Gasteiger partial charge in [0, 0.05) is 40.6 Å². The van der Waals surface area contributed by atoms with Gasteiger partial charge in [-0.1, -0.05) is 66.7 Å². The Kier molecular flexibility index (Phi) is 6.82. The molecule has 7 nitrogen and oxygen atoms in total. The molecule has 2 unspecified atom stereocenters. The van der Waals surface area contributed by atoms with Gasteiger partial charge >= 0.3 is 5.97 Å². The lowest BCUT2D eigenvalue weighted by Crippen LogP contribution is -2.50. The molecule has 0 fully saturated rings. The Morgan fingerprint density at radius 1 is 0.778 bits per heavy atom. The summed E-state index contributed by atoms with van der Waals surface area (Å²) >= 11 is 0. The van der Waals surface area contributed by atoms with Gasteiger partial charge in [-0.3, -0.25) is 4.79 Å². The van der Waals surface area contributed by atoms with Crippen LogP contribution >= 0.6 is 0 Å². The van der Waals surface area contributed by atoms with Gasteiger partial charge in [0.15, 0.2) is 0 Å². The second-order valence-corrected chi connectivity index (χ2v) is 8.89. The molecule has 0 aliphatic rings. The maximum atomic E-state index is 13.1. The molecule has 2 heterocycles. The van der Waals surface area contributed by atoms with Crippen LogP contribution in [0.1, 0.15) is 16.7 Å². The first-order chi connectivity index (χ1) is 17.6. The molecule has 5 aromatic rings. The van der Waals surface area contributed by atoms with Crippen molar-refractivity contribution in [1.82, 2.24) is 15.3 Å². The number of benzene rings is 3. The number of rotatable bonds is 9. The van der Waals surface area contributed by atoms with Crippen molar-refractivity contribution in [3.05, 3.63) is 108 Å². The number of nitrogens with two attached hydrogens (primary N) is 1. The molecule has 7 heteroatoms. The van der Waals surface area contributed by atoms with E-state index in [1.807, 2.05) is 91.3 Å². The van der Waals surface area contributed by atoms with Crippen LogP contribution in [0.25, 0.3) is 21.8 Å². The van der Waals surface area contributed by atoms with Gasteiger partial charge in [0.05, 0.1) is 6.04 Å². The van der Waals surface area contributed by atoms with Crippen molar-refractivity contribution < 1.29 is 14.3 Å². The summed E-state index contributed by atoms with van der Waals surface area (Å²) in [6, 6.07) is 23.5. The number of amides is 1. The zero-order valence-corrected chi connectivity index (χ0v) is 19.7. The molecular formula is C29H28N4O3. The minimum atomic E-state index is -0.880. The lowest BCUT2D eigenvalue weighted by atomic mass is 10.0. The summed E-state index contributed by atoms with van der Waals surface area (Å²) in [5.74, 6) is -0.904. The Morgan fingerprint density at radius 3 is 1.97 bits per heavy atom. The number of fused-ring (bicyclic) bond motifs is 2. The normalized spacial score (nSPS) is 12.9. The molecule has 0 bridgehead atoms. The predicted octanol–water partition coefficient (Wildman–Crippen LogP) is 3.99. The monoisotopic (exact) mass is 480 g/mol. The molecular weight excluding hydrogens is 452 g/mol. The SMILES string of the molecule is NC(Cc1c[nH]c2ccccc12)C(=O)NC(Cc1c[nH]c2ccccc12)C(=O)OCc1ccccc1. The van der Waals surface area contributed by atoms with Crippen LogP contribution in [0.2, 0.25) is 0 Å². The highest BCUT2D eigenvalue weighted by molar-refractivity contribution is 5.90. The van der Waals surface area contributed by atoms with Crippen molar-refractivity contribution in [3.8, 4) is 0 Å². The fraction of sp³-hybridized carbons (Fsp3) is 0.172. The van der Waals surface area contributed by atoms with Crippen LogP contribution in [0.4, 0.5) is 0 Å². The Labute approximate surface area is 208 Å². The van der Waals surface area contributed by atoms with E-state index in [0.717, 1.165) is 38.5 Å². The number of H-pyrrole nitrogens is 2. The number of aromatic nitrogens is 2. The first-order valence-electron chi connectivity index (χ1n) is 11.9. The number of nitrogens with one attached hydrogen (secondary N) is 3. The van der Waals surface area contributed by atoms with E-state index in [0.29, 0.717) is 6.42 Å². The maximum Gasteiger partial charge on any atom is 0.329 e. The standard InChI is InChI=1S/C29H28N4O3/c30-24(14-20-16-31-25-12-6-4-10-22(20)25)28(34)33-27(29(35)36-18-19-8-2-1-3-9-19)15-21-17-32-26-13-7-5-11-23(21)26/h1-13,16-17,24,27,31-32H,14-15,18,30H2,(H,33,34). The summed E-state index contributed by atoms with van der Waals surface area (Å²) in [6.45, 7) is 0.126. The van der Waals surface area contributed by atoms with Crippen molar-refractivity contribution in [2.45, 2.75) is 31.5 Å². The van der Waals surface area contributed by atoms with Crippen molar-refractivity contribution in [2.75, 3.05) is 0 Å². The molecule has 36 heavy (non-hydrogen) atoms. The van der Waals surface area contributed by atoms with Gasteiger partial charge in [0.2, 0.25) is 5.91 Å². The molecule has 0 saturated carbocycles. The van der Waals surface area contributed by atoms with Gasteiger partial charge in [0.1, 0.15) is 12.6 Å². The zero-order chi connectivity index (χ0) is 24.9. The predicted molar refractivity (Wildman–Crippen MR) is 140 cm³/mol. The number of hydrogen-bond acceptors (Lipinski definition) is 4. The number of aromatic amines is 2. The van der Waals surface area contributed by atoms with Gasteiger partial charge in [-0.15, -0.1) is 0 Å². The number of hydrogen-bond donors (Lipinski definition) is 4. The van der Waals surface area contributed by atoms with E-state index in [2.05, 4.69) is 15.3 Å². The van der Waals surface area contributed by atoms with E-state index in [1.54, 1.807) is 0 Å². The summed E-state index contributed by atoms with van der Waals surface area (Å²) in [5, 5.41) is 4.88. The summed E-state index contributed by atoms with van der Waals surface area (Å²) in [7, 11) is 0. The van der Waals surface area contributed by atoms with Gasteiger partial charge in [-0.05, 0) is 35.2 Å². The summed E-state index contributed by atoms with van der Waals surface area (Å²) in [4.78, 5) is 32.7. The molecule has 5 N–H and O–H groups in total. The smallest absolute Gasteiger partial charge is 0.329 e. The fourth-order valence-electron chi connectivity index (χ4n) is 4.45. The van der Waals surface area contributed by atoms with Crippen molar-refractivity contribution in [1.29, 1.82) is 0 Å². The van der Waals surface area contributed by atoms with E-state index in [9.17, 15) is 9.59 Å². The number of esters is 1. The van der Waals surface area contributed by atoms with Crippen molar-refractivity contribution in [2.24, 2.45) is 5.73 Å². The first kappa shape index (κ1) is 23.4. The van der Waals surface area contributed by atoms with E-state index >= 15 is 0 Å². The maximum absolute atomic E-state index is 13.1. The Bertz CT molecular complexity index is 1490. The minimum Gasteiger partial charge on any atom is -0.459 e. The molecule has 0 aliphatic heterocycles. The van der Waals surface area contributed by atoms with Crippen LogP contribution in [-0.4, -0.2) is 33.9 Å². The van der Waals surface area contributed by atoms with Crippen LogP contribution in [0.15, 0.2) is 91.3 Å². The average Bonchev–Trinajstić information content (AvgIpc) is 3.51. The quantitative estimate of drug-likeness (QED) is 0.239. The summed E-state index contributed by atoms with van der Waals surface area (Å²) < 4.78 is 5.59. The first-order valence-corrected chi connectivity index (χ1v) is 11.9. The van der Waals surface area contributed by atoms with E-state index in [-0.39, 0.29) is 13.0 Å². The highest BCUT2D eigenvalue weighted by Crippen LogP contribution is 2.21. The van der Waals surface area contributed by atoms with Gasteiger partial charge in [-0.2, -0.15) is 0 Å². The topological polar surface area (TPSA) is 113 Å². The average molecular weight is 481 g/mol. The molecule has 3 aromatic carbocycles. The Morgan fingerprint density at radius 2 is 1.33 bits per heavy atom. The second-order valence-electron chi connectivity index (χ2n) is 8.89. The molecule has 2 aromatic heterocycles. The lowest BCUT2D eigenvalue weighted by Gasteiger charge is -2.20. The molecule has 1 amide bonds. The Balaban J connectivity index is 1.32. The molecule has 0 spiro atoms. The highest BCUT2D eigenvalue weighted by atomic mass is 16.5. The number of ether oxygens (including phenoxy) is 1. The van der Waals surface area contributed by atoms with Crippen molar-refractivity contribution in [3.63, 3.8) is 0 Å². The molecule has 2 atom stereocenters. The van der Waals surface area contributed by atoms with Crippen LogP contribution in [0.3, 0.4) is 0 Å². The Hall–Kier alpha value is -4.36. The number of carbonyl (C=O) groups excluding carboxylic acids is 2. The van der Waals surface area contributed by atoms with Crippen LogP contribution in [0.5, 0.6) is 0 Å². The summed E-state index contributed by atoms with van der Waals surface area (Å²) in [6.07, 6.45) is 4.35. The third-order valence-electron chi connectivity index (χ3n) is 6.38. The third-order valence-corrected chi connectivity index (χ3v) is 6.38. The number of carbonyl (C=O) groups is 2. The van der Waals surface area contributed by atoms with Crippen LogP contribution in [0, 0.1) is 0 Å². The molecule has 5 rings (SSSR count). The third kappa shape index (κ3) is 5.16. The van der Waals surface area contributed by atoms with Gasteiger partial charge in [-0.25, -0.2) is 4.79 Å². The largest absolute Gasteiger partial charge is 0.459 e. The fourth-order valence-corrected chi connectivity index (χ4v) is 4.45. The van der Waals surface area contributed by atoms with E-state index < -0.39 is 24.0 Å². The molecule has 182 valence electrons. The van der Waals surface area contributed by atoms with Crippen LogP contribution < -0.4 is 11.1 Å². The zero-order valence-electron chi connectivity index (χ0n) is 19.7. The molecule has 0 aliphatic carbocycles. The number of para-hydroxylation sites is 2. The minimum absolute atomic E-state index is 0.126. The molecule has 0 radical (unpaired) electrons. The van der Waals surface area contributed by atoms with E-state index in [1.165, 1.54) is 0 Å². The second kappa shape index (κ2) is 10.5. The molecule has 0 saturated heterocycles.